The molecule has 0 N–H and O–H groups in total. The predicted octanol–water partition coefficient (Wildman–Crippen LogP) is 17.6. The van der Waals surface area contributed by atoms with E-state index in [0.29, 0.717) is 71.9 Å². The Hall–Kier alpha value is -8.46. The third kappa shape index (κ3) is 28.8. The van der Waals surface area contributed by atoms with Gasteiger partial charge in [0.15, 0.2) is 0 Å². The third-order valence-corrected chi connectivity index (χ3v) is 13.9. The first-order valence-corrected chi connectivity index (χ1v) is 31.0. The quantitative estimate of drug-likeness (QED) is 0.132. The summed E-state index contributed by atoms with van der Waals surface area (Å²) in [6.45, 7) is 38.7. The van der Waals surface area contributed by atoms with Crippen molar-refractivity contribution < 1.29 is 9.32 Å². The molecule has 88 heavy (non-hydrogen) atoms. The maximum atomic E-state index is 11.3. The van der Waals surface area contributed by atoms with E-state index in [1.165, 1.54) is 50.2 Å². The lowest BCUT2D eigenvalue weighted by Crippen LogP contribution is -2.17. The van der Waals surface area contributed by atoms with Gasteiger partial charge in [-0.25, -0.2) is 19.9 Å². The molecular weight excluding hydrogens is 1090 g/mol. The summed E-state index contributed by atoms with van der Waals surface area (Å²) < 4.78 is 4.63. The fourth-order valence-electron chi connectivity index (χ4n) is 8.22. The number of rotatable bonds is 9. The lowest BCUT2D eigenvalue weighted by Gasteiger charge is -2.19. The minimum absolute atomic E-state index is 0.325. The Bertz CT molecular complexity index is 2900. The van der Waals surface area contributed by atoms with Crippen molar-refractivity contribution in [2.75, 3.05) is 0 Å². The summed E-state index contributed by atoms with van der Waals surface area (Å²) in [6, 6.07) is 16.3. The number of aromatic nitrogens is 13. The highest BCUT2D eigenvalue weighted by Crippen LogP contribution is 2.28. The molecule has 15 nitrogen and oxygen atoms in total. The zero-order chi connectivity index (χ0) is 64.8. The highest BCUT2D eigenvalue weighted by Gasteiger charge is 2.20. The molecule has 468 valence electrons. The number of hydrogen-bond donors (Lipinski definition) is 0. The largest absolute Gasteiger partial charge is 0.364 e. The second kappa shape index (κ2) is 41.6. The van der Waals surface area contributed by atoms with E-state index >= 15 is 0 Å². The first kappa shape index (κ1) is 73.8. The van der Waals surface area contributed by atoms with Crippen LogP contribution in [0.15, 0.2) is 171 Å². The van der Waals surface area contributed by atoms with E-state index in [0.717, 1.165) is 35.5 Å². The van der Waals surface area contributed by atoms with Gasteiger partial charge in [0, 0.05) is 111 Å². The Kier molecular flexibility index (Phi) is 34.9. The van der Waals surface area contributed by atoms with Gasteiger partial charge in [0.1, 0.15) is 24.7 Å². The van der Waals surface area contributed by atoms with Gasteiger partial charge in [-0.2, -0.15) is 10.2 Å². The molecule has 0 amide bonds. The van der Waals surface area contributed by atoms with Crippen molar-refractivity contribution in [2.45, 2.75) is 204 Å². The minimum atomic E-state index is 0.325. The molecule has 0 atom stereocenters. The van der Waals surface area contributed by atoms with E-state index in [2.05, 4.69) is 225 Å². The number of pyridine rings is 4. The van der Waals surface area contributed by atoms with Crippen molar-refractivity contribution in [1.29, 1.82) is 0 Å². The number of hydrogen-bond acceptors (Lipinski definition) is 15. The zero-order valence-corrected chi connectivity index (χ0v) is 55.8. The van der Waals surface area contributed by atoms with Crippen molar-refractivity contribution in [3.05, 3.63) is 239 Å². The predicted molar refractivity (Wildman–Crippen MR) is 358 cm³/mol. The first-order chi connectivity index (χ1) is 42.1. The molecule has 2 aliphatic rings. The van der Waals surface area contributed by atoms with Gasteiger partial charge in [-0.05, 0) is 147 Å². The fraction of sp³-hybridized carbons (Fsp3) is 0.425. The summed E-state index contributed by atoms with van der Waals surface area (Å²) in [4.78, 5) is 51.6. The van der Waals surface area contributed by atoms with Crippen molar-refractivity contribution >= 4 is 11.9 Å². The molecule has 9 aromatic rings. The third-order valence-electron chi connectivity index (χ3n) is 13.9. The van der Waals surface area contributed by atoms with Crippen LogP contribution in [-0.4, -0.2) is 71.0 Å². The molecule has 9 heterocycles. The summed E-state index contributed by atoms with van der Waals surface area (Å²) in [5, 5.41) is 11.0. The lowest BCUT2D eigenvalue weighted by atomic mass is 9.87. The van der Waals surface area contributed by atoms with Gasteiger partial charge < -0.3 is 4.52 Å². The van der Waals surface area contributed by atoms with Crippen molar-refractivity contribution in [3.63, 3.8) is 0 Å². The van der Waals surface area contributed by atoms with Crippen LogP contribution in [0.25, 0.3) is 6.08 Å². The van der Waals surface area contributed by atoms with Crippen LogP contribution < -0.4 is 0 Å². The maximum Gasteiger partial charge on any atom is 0.139 e. The highest BCUT2D eigenvalue weighted by atomic mass is 16.5. The zero-order valence-electron chi connectivity index (χ0n) is 55.8. The molecule has 0 saturated heterocycles. The molecule has 0 aliphatic heterocycles. The van der Waals surface area contributed by atoms with Crippen LogP contribution in [0.4, 0.5) is 0 Å². The van der Waals surface area contributed by atoms with Gasteiger partial charge in [-0.1, -0.05) is 148 Å². The SMILES string of the molecule is CC(C)c1cccnc1.CC(C)c1ccnc2c1C=CC2.CC(C)c1ccnc2c1CCC(=O)C2.CC(C)c1ccncc1.CC(C)c1ccncn1.CC(C)c1ccnnc1.CC(C)c1cnccn1.CC(C)c1cncnc1.CC(C)c1cnoc1. The van der Waals surface area contributed by atoms with Crippen LogP contribution in [0.1, 0.15) is 257 Å². The molecule has 0 fully saturated rings. The van der Waals surface area contributed by atoms with E-state index < -0.39 is 0 Å². The molecule has 0 spiro atoms. The Morgan fingerprint density at radius 2 is 0.966 bits per heavy atom. The molecule has 0 saturated carbocycles. The Balaban J connectivity index is 0.000000260. The monoisotopic (exact) mass is 1190 g/mol. The summed E-state index contributed by atoms with van der Waals surface area (Å²) in [7, 11) is 0. The maximum absolute atomic E-state index is 11.3. The van der Waals surface area contributed by atoms with Gasteiger partial charge in [0.2, 0.25) is 0 Å². The summed E-state index contributed by atoms with van der Waals surface area (Å²) in [5.74, 6) is 5.28. The van der Waals surface area contributed by atoms with Gasteiger partial charge >= 0.3 is 0 Å². The van der Waals surface area contributed by atoms with Gasteiger partial charge in [-0.3, -0.25) is 34.7 Å². The molecule has 11 rings (SSSR count). The molecule has 15 heteroatoms. The minimum Gasteiger partial charge on any atom is -0.364 e. The number of fused-ring (bicyclic) bond motifs is 2. The second-order valence-corrected chi connectivity index (χ2v) is 23.9. The smallest absolute Gasteiger partial charge is 0.139 e. The molecule has 0 radical (unpaired) electrons. The van der Waals surface area contributed by atoms with E-state index in [-0.39, 0.29) is 0 Å². The molecule has 0 unspecified atom stereocenters. The normalized spacial score (nSPS) is 11.6. The van der Waals surface area contributed by atoms with Crippen molar-refractivity contribution in [3.8, 4) is 0 Å². The van der Waals surface area contributed by atoms with E-state index in [1.54, 1.807) is 68.5 Å². The number of allylic oxidation sites excluding steroid dienone is 1. The van der Waals surface area contributed by atoms with Crippen LogP contribution in [-0.2, 0) is 24.1 Å². The summed E-state index contributed by atoms with van der Waals surface area (Å²) >= 11 is 0. The molecular formula is C73H99N13O2. The topological polar surface area (TPSA) is 198 Å². The van der Waals surface area contributed by atoms with Gasteiger partial charge in [0.05, 0.1) is 29.5 Å². The van der Waals surface area contributed by atoms with E-state index in [4.69, 9.17) is 0 Å². The van der Waals surface area contributed by atoms with E-state index in [9.17, 15) is 4.79 Å². The second-order valence-electron chi connectivity index (χ2n) is 23.9. The van der Waals surface area contributed by atoms with Crippen molar-refractivity contribution in [1.82, 2.24) is 65.2 Å². The lowest BCUT2D eigenvalue weighted by molar-refractivity contribution is -0.118. The van der Waals surface area contributed by atoms with Gasteiger partial charge in [-0.15, -0.1) is 0 Å². The number of carbonyl (C=O) groups is 1. The van der Waals surface area contributed by atoms with Crippen molar-refractivity contribution in [2.24, 2.45) is 0 Å². The van der Waals surface area contributed by atoms with Crippen LogP contribution in [0, 0.1) is 0 Å². The standard InChI is InChI=1S/C12H15NO.C11H13N.2C8H11N.4C7H10N2.C6H9NO/c1-8(2)10-5-6-13-12-7-9(14)3-4-11(10)12;1-8(2)9-6-7-12-11-5-3-4-10(9)11;1-7(2)8-3-5-9-6-4-8;1-7(2)8-4-3-5-9-6-8;1-6(2)7-3-8-5-9-4-7;1-6(2)7-5-8-3-4-9-7;1-6(2)7-3-4-8-5-9-7;1-6(2)7-3-4-8-9-5-7;1-5(2)6-3-7-8-4-6/h5-6,8H,3-4,7H2,1-2H3;3-4,6-8H,5H2,1-2H3;2*3-7H,1-2H3;4*3-6H,1-2H3;3-5H,1-2H3. The van der Waals surface area contributed by atoms with Crippen LogP contribution in [0.5, 0.6) is 0 Å². The fourth-order valence-corrected chi connectivity index (χ4v) is 8.22. The van der Waals surface area contributed by atoms with Gasteiger partial charge in [0.25, 0.3) is 0 Å². The Morgan fingerprint density at radius 1 is 0.386 bits per heavy atom. The molecule has 9 aromatic heterocycles. The average Bonchev–Trinajstić information content (AvgIpc) is 4.14. The van der Waals surface area contributed by atoms with Crippen LogP contribution >= 0.6 is 0 Å². The number of ketones is 1. The van der Waals surface area contributed by atoms with Crippen LogP contribution in [0.3, 0.4) is 0 Å². The Morgan fingerprint density at radius 3 is 1.40 bits per heavy atom. The van der Waals surface area contributed by atoms with Crippen LogP contribution in [0.2, 0.25) is 0 Å². The molecule has 0 aromatic carbocycles. The average molecular weight is 1190 g/mol. The van der Waals surface area contributed by atoms with E-state index in [1.807, 2.05) is 73.7 Å². The summed E-state index contributed by atoms with van der Waals surface area (Å²) in [5.41, 5.74) is 16.1. The molecule has 0 bridgehead atoms. The number of nitrogens with zero attached hydrogens (tertiary/aromatic N) is 13. The highest BCUT2D eigenvalue weighted by molar-refractivity contribution is 5.82. The molecule has 2 aliphatic carbocycles. The Labute approximate surface area is 526 Å². The first-order valence-electron chi connectivity index (χ1n) is 31.0. The number of Topliss-reactive ketones (excluding diaryl/α,β-unsaturated/α-hetero) is 1. The summed E-state index contributed by atoms with van der Waals surface area (Å²) in [6.07, 6.45) is 39.3. The number of carbonyl (C=O) groups excluding carboxylic acids is 1.